The van der Waals surface area contributed by atoms with Gasteiger partial charge in [-0.15, -0.1) is 5.10 Å². The standard InChI is InChI=1S/C13H17N5O/c1-3-19-13-11(5-4-8-18(13)2)16-12-10(9-14)6-7-15-17-12/h3,6-7,11,13H,1,4-5,8H2,2H3,(H,16,17)/t11?,13-/m0/s1. The summed E-state index contributed by atoms with van der Waals surface area (Å²) in [6.45, 7) is 4.58. The van der Waals surface area contributed by atoms with Gasteiger partial charge in [-0.1, -0.05) is 6.58 Å². The van der Waals surface area contributed by atoms with Crippen LogP contribution in [0.3, 0.4) is 0 Å². The lowest BCUT2D eigenvalue weighted by molar-refractivity contribution is -0.0265. The van der Waals surface area contributed by atoms with Gasteiger partial charge in [-0.3, -0.25) is 4.90 Å². The van der Waals surface area contributed by atoms with E-state index in [2.05, 4.69) is 33.1 Å². The van der Waals surface area contributed by atoms with E-state index in [1.54, 1.807) is 6.07 Å². The van der Waals surface area contributed by atoms with E-state index in [1.165, 1.54) is 12.5 Å². The first-order valence-electron chi connectivity index (χ1n) is 6.21. The summed E-state index contributed by atoms with van der Waals surface area (Å²) in [4.78, 5) is 2.12. The van der Waals surface area contributed by atoms with Crippen LogP contribution in [-0.4, -0.2) is 41.0 Å². The van der Waals surface area contributed by atoms with Crippen molar-refractivity contribution in [1.29, 1.82) is 5.26 Å². The lowest BCUT2D eigenvalue weighted by atomic mass is 10.0. The number of rotatable bonds is 4. The zero-order valence-corrected chi connectivity index (χ0v) is 10.9. The summed E-state index contributed by atoms with van der Waals surface area (Å²) < 4.78 is 5.55. The van der Waals surface area contributed by atoms with Crippen LogP contribution in [0.5, 0.6) is 0 Å². The molecule has 0 aromatic carbocycles. The van der Waals surface area contributed by atoms with E-state index in [0.717, 1.165) is 19.4 Å². The molecule has 0 radical (unpaired) electrons. The lowest BCUT2D eigenvalue weighted by Crippen LogP contribution is -2.50. The molecule has 0 spiro atoms. The van der Waals surface area contributed by atoms with Crippen LogP contribution in [0.4, 0.5) is 5.82 Å². The molecule has 1 aliphatic heterocycles. The predicted molar refractivity (Wildman–Crippen MR) is 71.1 cm³/mol. The van der Waals surface area contributed by atoms with Gasteiger partial charge in [-0.25, -0.2) is 0 Å². The molecule has 1 fully saturated rings. The van der Waals surface area contributed by atoms with E-state index >= 15 is 0 Å². The van der Waals surface area contributed by atoms with Gasteiger partial charge in [-0.2, -0.15) is 10.4 Å². The monoisotopic (exact) mass is 259 g/mol. The van der Waals surface area contributed by atoms with Crippen molar-refractivity contribution in [1.82, 2.24) is 15.1 Å². The van der Waals surface area contributed by atoms with Gasteiger partial charge in [0.25, 0.3) is 0 Å². The first-order valence-corrected chi connectivity index (χ1v) is 6.21. The van der Waals surface area contributed by atoms with Crippen LogP contribution >= 0.6 is 0 Å². The number of nitriles is 1. The van der Waals surface area contributed by atoms with E-state index in [4.69, 9.17) is 10.00 Å². The molecule has 1 aromatic heterocycles. The molecule has 1 aromatic rings. The number of piperidine rings is 1. The molecule has 1 saturated heterocycles. The number of nitrogens with one attached hydrogen (secondary N) is 1. The van der Waals surface area contributed by atoms with Crippen molar-refractivity contribution in [3.63, 3.8) is 0 Å². The van der Waals surface area contributed by atoms with Gasteiger partial charge in [0.05, 0.1) is 24.1 Å². The molecule has 0 aliphatic carbocycles. The van der Waals surface area contributed by atoms with E-state index in [1.807, 2.05) is 7.05 Å². The number of likely N-dealkylation sites (N-methyl/N-ethyl adjacent to an activating group) is 1. The summed E-state index contributed by atoms with van der Waals surface area (Å²) in [5, 5.41) is 20.1. The first kappa shape index (κ1) is 13.3. The quantitative estimate of drug-likeness (QED) is 0.822. The minimum Gasteiger partial charge on any atom is -0.481 e. The Kier molecular flexibility index (Phi) is 4.31. The van der Waals surface area contributed by atoms with Crippen molar-refractivity contribution < 1.29 is 4.74 Å². The van der Waals surface area contributed by atoms with Crippen LogP contribution < -0.4 is 5.32 Å². The zero-order chi connectivity index (χ0) is 13.7. The predicted octanol–water partition coefficient (Wildman–Crippen LogP) is 1.34. The Morgan fingerprint density at radius 1 is 1.68 bits per heavy atom. The molecule has 6 nitrogen and oxygen atoms in total. The number of hydrogen-bond donors (Lipinski definition) is 1. The van der Waals surface area contributed by atoms with Gasteiger partial charge >= 0.3 is 0 Å². The third kappa shape index (κ3) is 3.01. The van der Waals surface area contributed by atoms with Crippen molar-refractivity contribution in [3.8, 4) is 6.07 Å². The van der Waals surface area contributed by atoms with Gasteiger partial charge in [0, 0.05) is 6.54 Å². The zero-order valence-electron chi connectivity index (χ0n) is 10.9. The van der Waals surface area contributed by atoms with Crippen LogP contribution in [0, 0.1) is 11.3 Å². The fraction of sp³-hybridized carbons (Fsp3) is 0.462. The fourth-order valence-corrected chi connectivity index (χ4v) is 2.28. The third-order valence-corrected chi connectivity index (χ3v) is 3.20. The second kappa shape index (κ2) is 6.16. The summed E-state index contributed by atoms with van der Waals surface area (Å²) >= 11 is 0. The number of likely N-dealkylation sites (tertiary alicyclic amines) is 1. The van der Waals surface area contributed by atoms with Gasteiger partial charge in [0.1, 0.15) is 6.07 Å². The van der Waals surface area contributed by atoms with Crippen LogP contribution in [0.25, 0.3) is 0 Å². The van der Waals surface area contributed by atoms with E-state index in [0.29, 0.717) is 11.4 Å². The Hall–Kier alpha value is -2.13. The second-order valence-electron chi connectivity index (χ2n) is 4.47. The van der Waals surface area contributed by atoms with E-state index in [-0.39, 0.29) is 12.3 Å². The van der Waals surface area contributed by atoms with Crippen LogP contribution in [0.15, 0.2) is 25.1 Å². The van der Waals surface area contributed by atoms with Gasteiger partial charge in [0.15, 0.2) is 12.0 Å². The molecule has 0 saturated carbocycles. The summed E-state index contributed by atoms with van der Waals surface area (Å²) in [6.07, 6.45) is 4.86. The molecule has 1 unspecified atom stereocenters. The second-order valence-corrected chi connectivity index (χ2v) is 4.47. The van der Waals surface area contributed by atoms with Crippen molar-refractivity contribution in [2.75, 3.05) is 18.9 Å². The highest BCUT2D eigenvalue weighted by molar-refractivity contribution is 5.50. The van der Waals surface area contributed by atoms with Crippen LogP contribution in [-0.2, 0) is 4.74 Å². The average Bonchev–Trinajstić information content (AvgIpc) is 2.43. The normalized spacial score (nSPS) is 23.4. The molecule has 1 N–H and O–H groups in total. The van der Waals surface area contributed by atoms with Gasteiger partial charge in [0.2, 0.25) is 0 Å². The maximum Gasteiger partial charge on any atom is 0.171 e. The van der Waals surface area contributed by atoms with Crippen LogP contribution in [0.2, 0.25) is 0 Å². The Morgan fingerprint density at radius 2 is 2.53 bits per heavy atom. The summed E-state index contributed by atoms with van der Waals surface area (Å²) in [5.41, 5.74) is 0.487. The molecular weight excluding hydrogens is 242 g/mol. The molecule has 0 bridgehead atoms. The highest BCUT2D eigenvalue weighted by Crippen LogP contribution is 2.21. The molecule has 2 rings (SSSR count). The Balaban J connectivity index is 2.16. The number of ether oxygens (including phenoxy) is 1. The van der Waals surface area contributed by atoms with Gasteiger partial charge < -0.3 is 10.1 Å². The average molecular weight is 259 g/mol. The van der Waals surface area contributed by atoms with Crippen LogP contribution in [0.1, 0.15) is 18.4 Å². The fourth-order valence-electron chi connectivity index (χ4n) is 2.28. The third-order valence-electron chi connectivity index (χ3n) is 3.20. The molecule has 0 amide bonds. The van der Waals surface area contributed by atoms with E-state index in [9.17, 15) is 0 Å². The maximum absolute atomic E-state index is 9.05. The number of aromatic nitrogens is 2. The molecule has 2 atom stereocenters. The number of anilines is 1. The van der Waals surface area contributed by atoms with Crippen molar-refractivity contribution in [2.24, 2.45) is 0 Å². The highest BCUT2D eigenvalue weighted by atomic mass is 16.5. The lowest BCUT2D eigenvalue weighted by Gasteiger charge is -2.38. The van der Waals surface area contributed by atoms with Crippen molar-refractivity contribution >= 4 is 5.82 Å². The minimum absolute atomic E-state index is 0.0561. The summed E-state index contributed by atoms with van der Waals surface area (Å²) in [5.74, 6) is 0.503. The molecule has 100 valence electrons. The number of hydrogen-bond acceptors (Lipinski definition) is 6. The summed E-state index contributed by atoms with van der Waals surface area (Å²) in [7, 11) is 2.00. The smallest absolute Gasteiger partial charge is 0.171 e. The Morgan fingerprint density at radius 3 is 3.26 bits per heavy atom. The topological polar surface area (TPSA) is 74.1 Å². The SMILES string of the molecule is C=CO[C@H]1C(Nc2nnccc2C#N)CCCN1C. The summed E-state index contributed by atoms with van der Waals surface area (Å²) in [6, 6.07) is 3.80. The van der Waals surface area contributed by atoms with E-state index < -0.39 is 0 Å². The molecule has 19 heavy (non-hydrogen) atoms. The largest absolute Gasteiger partial charge is 0.481 e. The maximum atomic E-state index is 9.05. The van der Waals surface area contributed by atoms with Crippen molar-refractivity contribution in [2.45, 2.75) is 25.1 Å². The van der Waals surface area contributed by atoms with Gasteiger partial charge in [-0.05, 0) is 26.0 Å². The molecular formula is C13H17N5O. The Bertz CT molecular complexity index is 484. The highest BCUT2D eigenvalue weighted by Gasteiger charge is 2.30. The molecule has 1 aliphatic rings. The van der Waals surface area contributed by atoms with Crippen molar-refractivity contribution in [3.05, 3.63) is 30.7 Å². The first-order chi connectivity index (χ1) is 9.26. The molecule has 2 heterocycles. The molecule has 6 heteroatoms. The minimum atomic E-state index is -0.111. The Labute approximate surface area is 112 Å². The number of nitrogens with zero attached hydrogens (tertiary/aromatic N) is 4.